The third kappa shape index (κ3) is 3.10. The van der Waals surface area contributed by atoms with Crippen molar-refractivity contribution >= 4 is 18.4 Å². The maximum Gasteiger partial charge on any atom is 0.226 e. The monoisotopic (exact) mass is 348 g/mol. The van der Waals surface area contributed by atoms with E-state index in [1.807, 2.05) is 12.1 Å². The summed E-state index contributed by atoms with van der Waals surface area (Å²) in [6.07, 6.45) is 3.30. The molecule has 1 saturated heterocycles. The van der Waals surface area contributed by atoms with Crippen LogP contribution in [0.1, 0.15) is 31.0 Å². The highest BCUT2D eigenvalue weighted by atomic mass is 35.5. The predicted molar refractivity (Wildman–Crippen MR) is 96.1 cm³/mol. The van der Waals surface area contributed by atoms with Gasteiger partial charge in [-0.1, -0.05) is 0 Å². The molecule has 0 spiro atoms. The number of benzene rings is 1. The van der Waals surface area contributed by atoms with Crippen LogP contribution in [0.15, 0.2) is 24.3 Å². The molecule has 0 aliphatic carbocycles. The highest BCUT2D eigenvalue weighted by Crippen LogP contribution is 2.30. The molecule has 1 unspecified atom stereocenters. The predicted octanol–water partition coefficient (Wildman–Crippen LogP) is 3.34. The number of hydrogen-bond acceptors (Lipinski definition) is 4. The van der Waals surface area contributed by atoms with Crippen molar-refractivity contribution in [1.29, 1.82) is 0 Å². The van der Waals surface area contributed by atoms with Crippen LogP contribution in [0.2, 0.25) is 0 Å². The van der Waals surface area contributed by atoms with Crippen LogP contribution in [0.3, 0.4) is 0 Å². The van der Waals surface area contributed by atoms with Gasteiger partial charge >= 0.3 is 0 Å². The Morgan fingerprint density at radius 3 is 2.71 bits per heavy atom. The lowest BCUT2D eigenvalue weighted by Crippen LogP contribution is -2.31. The van der Waals surface area contributed by atoms with Crippen LogP contribution in [0, 0.1) is 5.82 Å². The van der Waals surface area contributed by atoms with Crippen molar-refractivity contribution in [3.05, 3.63) is 41.3 Å². The van der Waals surface area contributed by atoms with E-state index in [0.717, 1.165) is 54.5 Å². The normalized spacial score (nSPS) is 19.8. The molecule has 1 aromatic carbocycles. The van der Waals surface area contributed by atoms with E-state index >= 15 is 0 Å². The zero-order chi connectivity index (χ0) is 15.8. The van der Waals surface area contributed by atoms with Crippen molar-refractivity contribution in [3.8, 4) is 11.3 Å². The molecule has 1 N–H and O–H groups in total. The number of aromatic nitrogens is 2. The van der Waals surface area contributed by atoms with Gasteiger partial charge in [0.05, 0.1) is 11.4 Å². The summed E-state index contributed by atoms with van der Waals surface area (Å²) in [5.41, 5.74) is 4.18. The van der Waals surface area contributed by atoms with Gasteiger partial charge in [-0.25, -0.2) is 14.4 Å². The third-order valence-electron chi connectivity index (χ3n) is 4.85. The van der Waals surface area contributed by atoms with Crippen molar-refractivity contribution in [3.63, 3.8) is 0 Å². The summed E-state index contributed by atoms with van der Waals surface area (Å²) in [6, 6.07) is 7.10. The van der Waals surface area contributed by atoms with Gasteiger partial charge in [0, 0.05) is 43.2 Å². The maximum atomic E-state index is 13.3. The lowest BCUT2D eigenvalue weighted by molar-refractivity contribution is 0.622. The van der Waals surface area contributed by atoms with Gasteiger partial charge in [0.1, 0.15) is 5.82 Å². The molecule has 1 aromatic heterocycles. The van der Waals surface area contributed by atoms with Gasteiger partial charge in [-0.2, -0.15) is 0 Å². The quantitative estimate of drug-likeness (QED) is 0.903. The Morgan fingerprint density at radius 1 is 1.21 bits per heavy atom. The Balaban J connectivity index is 0.00000169. The Labute approximate surface area is 147 Å². The molecular formula is C18H22ClFN4. The zero-order valence-electron chi connectivity index (χ0n) is 13.8. The second kappa shape index (κ2) is 7.03. The highest BCUT2D eigenvalue weighted by molar-refractivity contribution is 5.85. The summed E-state index contributed by atoms with van der Waals surface area (Å²) in [7, 11) is 0. The fraction of sp³-hybridized carbons (Fsp3) is 0.444. The molecule has 128 valence electrons. The molecule has 4 rings (SSSR count). The minimum absolute atomic E-state index is 0. The van der Waals surface area contributed by atoms with Gasteiger partial charge in [-0.15, -0.1) is 12.4 Å². The summed E-state index contributed by atoms with van der Waals surface area (Å²) in [6.45, 7) is 4.97. The first-order chi connectivity index (χ1) is 11.2. The fourth-order valence-electron chi connectivity index (χ4n) is 3.54. The van der Waals surface area contributed by atoms with E-state index in [2.05, 4.69) is 17.1 Å². The van der Waals surface area contributed by atoms with Gasteiger partial charge in [0.2, 0.25) is 5.95 Å². The third-order valence-corrected chi connectivity index (χ3v) is 4.85. The minimum atomic E-state index is -0.219. The van der Waals surface area contributed by atoms with E-state index in [1.165, 1.54) is 25.0 Å². The van der Waals surface area contributed by atoms with E-state index in [0.29, 0.717) is 6.04 Å². The zero-order valence-corrected chi connectivity index (χ0v) is 14.6. The first kappa shape index (κ1) is 17.1. The van der Waals surface area contributed by atoms with Crippen molar-refractivity contribution in [2.45, 2.75) is 38.8 Å². The number of fused-ring (bicyclic) bond motifs is 1. The Hall–Kier alpha value is -1.72. The van der Waals surface area contributed by atoms with Gasteiger partial charge < -0.3 is 10.2 Å². The van der Waals surface area contributed by atoms with Gasteiger partial charge in [-0.3, -0.25) is 0 Å². The van der Waals surface area contributed by atoms with Crippen LogP contribution in [-0.4, -0.2) is 29.1 Å². The first-order valence-corrected chi connectivity index (χ1v) is 8.35. The minimum Gasteiger partial charge on any atom is -0.338 e. The molecule has 3 heterocycles. The van der Waals surface area contributed by atoms with Crippen molar-refractivity contribution in [1.82, 2.24) is 15.3 Å². The van der Waals surface area contributed by atoms with Gasteiger partial charge in [0.25, 0.3) is 0 Å². The largest absolute Gasteiger partial charge is 0.338 e. The first-order valence-electron chi connectivity index (χ1n) is 8.35. The van der Waals surface area contributed by atoms with Gasteiger partial charge in [0.15, 0.2) is 0 Å². The van der Waals surface area contributed by atoms with Crippen molar-refractivity contribution < 1.29 is 4.39 Å². The maximum absolute atomic E-state index is 13.3. The molecule has 0 amide bonds. The van der Waals surface area contributed by atoms with E-state index in [1.54, 1.807) is 0 Å². The van der Waals surface area contributed by atoms with E-state index in [-0.39, 0.29) is 18.2 Å². The van der Waals surface area contributed by atoms with Crippen LogP contribution < -0.4 is 10.2 Å². The molecule has 2 aromatic rings. The molecule has 24 heavy (non-hydrogen) atoms. The van der Waals surface area contributed by atoms with E-state index in [9.17, 15) is 4.39 Å². The summed E-state index contributed by atoms with van der Waals surface area (Å²) >= 11 is 0. The summed E-state index contributed by atoms with van der Waals surface area (Å²) in [5, 5.41) is 3.39. The number of halogens is 2. The molecule has 1 atom stereocenters. The molecule has 0 bridgehead atoms. The van der Waals surface area contributed by atoms with E-state index in [4.69, 9.17) is 9.97 Å². The lowest BCUT2D eigenvalue weighted by atomic mass is 10.0. The fourth-order valence-corrected chi connectivity index (χ4v) is 3.54. The van der Waals surface area contributed by atoms with Crippen LogP contribution in [-0.2, 0) is 13.0 Å². The second-order valence-electron chi connectivity index (χ2n) is 6.42. The lowest BCUT2D eigenvalue weighted by Gasteiger charge is -2.26. The van der Waals surface area contributed by atoms with Gasteiger partial charge in [-0.05, 0) is 44.0 Å². The molecule has 6 heteroatoms. The van der Waals surface area contributed by atoms with Crippen molar-refractivity contribution in [2.24, 2.45) is 0 Å². The molecule has 2 aliphatic rings. The van der Waals surface area contributed by atoms with Crippen LogP contribution in [0.25, 0.3) is 11.3 Å². The second-order valence-corrected chi connectivity index (χ2v) is 6.42. The van der Waals surface area contributed by atoms with Crippen LogP contribution >= 0.6 is 12.4 Å². The summed E-state index contributed by atoms with van der Waals surface area (Å²) < 4.78 is 13.3. The van der Waals surface area contributed by atoms with Crippen molar-refractivity contribution in [2.75, 3.05) is 18.0 Å². The SMILES string of the molecule is CC1CCCN1c1nc2c(c(-c3ccc(F)cc3)n1)CNCC2.Cl. The number of anilines is 1. The van der Waals surface area contributed by atoms with Crippen LogP contribution in [0.5, 0.6) is 0 Å². The number of nitrogens with one attached hydrogen (secondary N) is 1. The molecule has 2 aliphatic heterocycles. The number of hydrogen-bond donors (Lipinski definition) is 1. The van der Waals surface area contributed by atoms with E-state index < -0.39 is 0 Å². The summed E-state index contributed by atoms with van der Waals surface area (Å²) in [4.78, 5) is 12.0. The summed E-state index contributed by atoms with van der Waals surface area (Å²) in [5.74, 6) is 0.609. The average Bonchev–Trinajstić information content (AvgIpc) is 3.01. The smallest absolute Gasteiger partial charge is 0.226 e. The molecule has 4 nitrogen and oxygen atoms in total. The number of nitrogens with zero attached hydrogens (tertiary/aromatic N) is 3. The highest BCUT2D eigenvalue weighted by Gasteiger charge is 2.26. The Bertz CT molecular complexity index is 720. The topological polar surface area (TPSA) is 41.1 Å². The number of rotatable bonds is 2. The molecule has 0 saturated carbocycles. The molecule has 0 radical (unpaired) electrons. The Kier molecular flexibility index (Phi) is 5.01. The molecular weight excluding hydrogens is 327 g/mol. The van der Waals surface area contributed by atoms with Crippen LogP contribution in [0.4, 0.5) is 10.3 Å². The Morgan fingerprint density at radius 2 is 2.00 bits per heavy atom. The average molecular weight is 349 g/mol. The standard InChI is InChI=1S/C18H21FN4.ClH/c1-12-3-2-10-23(12)18-21-16-8-9-20-11-15(16)17(22-18)13-4-6-14(19)7-5-13;/h4-7,12,20H,2-3,8-11H2,1H3;1H. The molecule has 1 fully saturated rings.